The second-order valence-electron chi connectivity index (χ2n) is 6.48. The van der Waals surface area contributed by atoms with Crippen LogP contribution in [0.4, 0.5) is 9.93 Å². The van der Waals surface area contributed by atoms with Gasteiger partial charge in [0.2, 0.25) is 5.13 Å². The van der Waals surface area contributed by atoms with Crippen molar-refractivity contribution in [3.05, 3.63) is 5.01 Å². The number of anilines is 1. The highest BCUT2D eigenvalue weighted by Gasteiger charge is 2.34. The first-order valence-corrected chi connectivity index (χ1v) is 9.04. The lowest BCUT2D eigenvalue weighted by atomic mass is 9.85. The van der Waals surface area contributed by atoms with Gasteiger partial charge in [-0.15, -0.1) is 10.2 Å². The lowest BCUT2D eigenvalue weighted by Crippen LogP contribution is -2.55. The van der Waals surface area contributed by atoms with Gasteiger partial charge in [0.05, 0.1) is 6.54 Å². The number of carboxylic acids is 1. The Labute approximate surface area is 145 Å². The Balaban J connectivity index is 1.72. The molecule has 1 heterocycles. The number of nitrogens with one attached hydrogen (secondary N) is 2. The van der Waals surface area contributed by atoms with Crippen molar-refractivity contribution in [3.63, 3.8) is 0 Å². The fourth-order valence-electron chi connectivity index (χ4n) is 2.73. The van der Waals surface area contributed by atoms with Gasteiger partial charge in [0, 0.05) is 18.5 Å². The molecule has 0 radical (unpaired) electrons. The van der Waals surface area contributed by atoms with Crippen molar-refractivity contribution in [2.24, 2.45) is 5.92 Å². The largest absolute Gasteiger partial charge is 0.480 e. The Morgan fingerprint density at radius 3 is 2.67 bits per heavy atom. The molecule has 2 amide bonds. The molecule has 1 fully saturated rings. The molecule has 0 saturated heterocycles. The van der Waals surface area contributed by atoms with Gasteiger partial charge in [0.15, 0.2) is 0 Å². The number of carbonyl (C=O) groups excluding carboxylic acids is 1. The first-order valence-electron chi connectivity index (χ1n) is 8.23. The van der Waals surface area contributed by atoms with E-state index in [1.807, 2.05) is 11.8 Å². The fourth-order valence-corrected chi connectivity index (χ4v) is 3.68. The maximum Gasteiger partial charge on any atom is 0.321 e. The van der Waals surface area contributed by atoms with Gasteiger partial charge in [-0.3, -0.25) is 15.0 Å². The van der Waals surface area contributed by atoms with Crippen LogP contribution in [0.2, 0.25) is 0 Å². The summed E-state index contributed by atoms with van der Waals surface area (Å²) in [5, 5.41) is 23.9. The topological polar surface area (TPSA) is 107 Å². The number of carbonyl (C=O) groups is 2. The molecule has 1 aromatic heterocycles. The molecule has 8 nitrogen and oxygen atoms in total. The van der Waals surface area contributed by atoms with Crippen LogP contribution >= 0.6 is 11.3 Å². The molecule has 1 aliphatic carbocycles. The van der Waals surface area contributed by atoms with E-state index in [1.165, 1.54) is 11.3 Å². The van der Waals surface area contributed by atoms with Crippen molar-refractivity contribution in [1.82, 2.24) is 20.4 Å². The SMILES string of the molecule is CCN(CC(=O)O)C1CC(NC(=O)Nc2nnc(CC(C)C)s2)C1. The van der Waals surface area contributed by atoms with Crippen molar-refractivity contribution in [1.29, 1.82) is 0 Å². The van der Waals surface area contributed by atoms with Crippen molar-refractivity contribution in [2.75, 3.05) is 18.4 Å². The highest BCUT2D eigenvalue weighted by molar-refractivity contribution is 7.15. The molecule has 1 aliphatic rings. The number of nitrogens with zero attached hydrogens (tertiary/aromatic N) is 3. The number of amides is 2. The van der Waals surface area contributed by atoms with E-state index in [9.17, 15) is 9.59 Å². The molecule has 24 heavy (non-hydrogen) atoms. The highest BCUT2D eigenvalue weighted by atomic mass is 32.1. The van der Waals surface area contributed by atoms with Crippen LogP contribution in [0.15, 0.2) is 0 Å². The molecular weight excluding hydrogens is 330 g/mol. The van der Waals surface area contributed by atoms with Crippen LogP contribution in [-0.2, 0) is 11.2 Å². The van der Waals surface area contributed by atoms with Crippen LogP contribution < -0.4 is 10.6 Å². The summed E-state index contributed by atoms with van der Waals surface area (Å²) in [5.41, 5.74) is 0. The van der Waals surface area contributed by atoms with Gasteiger partial charge in [-0.1, -0.05) is 32.1 Å². The zero-order chi connectivity index (χ0) is 17.7. The normalized spacial score (nSPS) is 20.0. The monoisotopic (exact) mass is 355 g/mol. The van der Waals surface area contributed by atoms with Crippen LogP contribution in [-0.4, -0.2) is 57.4 Å². The summed E-state index contributed by atoms with van der Waals surface area (Å²) in [5.74, 6) is -0.321. The van der Waals surface area contributed by atoms with E-state index in [4.69, 9.17) is 5.11 Å². The Bertz CT molecular complexity index is 571. The molecule has 134 valence electrons. The number of aromatic nitrogens is 2. The lowest BCUT2D eigenvalue weighted by Gasteiger charge is -2.42. The molecule has 0 bridgehead atoms. The van der Waals surface area contributed by atoms with Crippen molar-refractivity contribution in [2.45, 2.75) is 52.1 Å². The Morgan fingerprint density at radius 2 is 2.08 bits per heavy atom. The summed E-state index contributed by atoms with van der Waals surface area (Å²) in [6.07, 6.45) is 2.38. The quantitative estimate of drug-likeness (QED) is 0.656. The molecule has 2 rings (SSSR count). The summed E-state index contributed by atoms with van der Waals surface area (Å²) in [6.45, 7) is 6.90. The minimum absolute atomic E-state index is 0.0451. The van der Waals surface area contributed by atoms with Gasteiger partial charge in [-0.05, 0) is 25.3 Å². The van der Waals surface area contributed by atoms with E-state index in [0.717, 1.165) is 24.3 Å². The van der Waals surface area contributed by atoms with Gasteiger partial charge in [-0.25, -0.2) is 4.79 Å². The number of hydrogen-bond acceptors (Lipinski definition) is 6. The van der Waals surface area contributed by atoms with Crippen LogP contribution in [0, 0.1) is 5.92 Å². The minimum Gasteiger partial charge on any atom is -0.480 e. The highest BCUT2D eigenvalue weighted by Crippen LogP contribution is 2.26. The smallest absolute Gasteiger partial charge is 0.321 e. The number of aliphatic carboxylic acids is 1. The molecule has 0 aliphatic heterocycles. The van der Waals surface area contributed by atoms with Crippen LogP contribution in [0.3, 0.4) is 0 Å². The van der Waals surface area contributed by atoms with E-state index in [2.05, 4.69) is 34.7 Å². The number of likely N-dealkylation sites (N-methyl/N-ethyl adjacent to an activating group) is 1. The van der Waals surface area contributed by atoms with Gasteiger partial charge in [0.25, 0.3) is 0 Å². The van der Waals surface area contributed by atoms with E-state index in [0.29, 0.717) is 17.6 Å². The predicted octanol–water partition coefficient (Wildman–Crippen LogP) is 1.80. The van der Waals surface area contributed by atoms with Gasteiger partial charge in [-0.2, -0.15) is 0 Å². The fraction of sp³-hybridized carbons (Fsp3) is 0.733. The molecule has 1 saturated carbocycles. The molecule has 0 spiro atoms. The summed E-state index contributed by atoms with van der Waals surface area (Å²) >= 11 is 1.39. The molecular formula is C15H25N5O3S. The zero-order valence-electron chi connectivity index (χ0n) is 14.3. The van der Waals surface area contributed by atoms with E-state index in [-0.39, 0.29) is 24.7 Å². The van der Waals surface area contributed by atoms with Crippen molar-refractivity contribution < 1.29 is 14.7 Å². The van der Waals surface area contributed by atoms with Crippen LogP contribution in [0.1, 0.15) is 38.6 Å². The minimum atomic E-state index is -0.820. The Morgan fingerprint density at radius 1 is 1.38 bits per heavy atom. The van der Waals surface area contributed by atoms with Gasteiger partial charge >= 0.3 is 12.0 Å². The first kappa shape index (κ1) is 18.6. The zero-order valence-corrected chi connectivity index (χ0v) is 15.1. The molecule has 1 aromatic rings. The van der Waals surface area contributed by atoms with E-state index >= 15 is 0 Å². The molecule has 9 heteroatoms. The van der Waals surface area contributed by atoms with Crippen LogP contribution in [0.5, 0.6) is 0 Å². The third-order valence-electron chi connectivity index (χ3n) is 3.98. The lowest BCUT2D eigenvalue weighted by molar-refractivity contribution is -0.139. The van der Waals surface area contributed by atoms with E-state index in [1.54, 1.807) is 0 Å². The maximum absolute atomic E-state index is 12.0. The summed E-state index contributed by atoms with van der Waals surface area (Å²) < 4.78 is 0. The predicted molar refractivity (Wildman–Crippen MR) is 92.3 cm³/mol. The number of urea groups is 1. The average Bonchev–Trinajstić information content (AvgIpc) is 2.86. The van der Waals surface area contributed by atoms with Crippen molar-refractivity contribution in [3.8, 4) is 0 Å². The third kappa shape index (κ3) is 5.41. The molecule has 0 atom stereocenters. The van der Waals surface area contributed by atoms with Gasteiger partial charge < -0.3 is 10.4 Å². The average molecular weight is 355 g/mol. The first-order chi connectivity index (χ1) is 11.4. The molecule has 0 unspecified atom stereocenters. The maximum atomic E-state index is 12.0. The number of rotatable bonds is 8. The number of carboxylic acid groups (broad SMARTS) is 1. The molecule has 3 N–H and O–H groups in total. The van der Waals surface area contributed by atoms with Crippen molar-refractivity contribution >= 4 is 28.5 Å². The summed E-state index contributed by atoms with van der Waals surface area (Å²) in [6, 6.07) is 0.00320. The van der Waals surface area contributed by atoms with E-state index < -0.39 is 5.97 Å². The third-order valence-corrected chi connectivity index (χ3v) is 4.84. The summed E-state index contributed by atoms with van der Waals surface area (Å²) in [7, 11) is 0. The van der Waals surface area contributed by atoms with Crippen LogP contribution in [0.25, 0.3) is 0 Å². The Kier molecular flexibility index (Phi) is 6.50. The number of hydrogen-bond donors (Lipinski definition) is 3. The van der Waals surface area contributed by atoms with Gasteiger partial charge in [0.1, 0.15) is 5.01 Å². The standard InChI is InChI=1S/C15H25N5O3S/c1-4-20(8-13(21)22)11-6-10(7-11)16-14(23)17-15-19-18-12(24-15)5-9(2)3/h9-11H,4-8H2,1-3H3,(H,21,22)(H2,16,17,19,23). The molecule has 0 aromatic carbocycles. The summed E-state index contributed by atoms with van der Waals surface area (Å²) in [4.78, 5) is 24.7. The second-order valence-corrected chi connectivity index (χ2v) is 7.54. The second kappa shape index (κ2) is 8.39. The Hall–Kier alpha value is -1.74.